The first-order valence-electron chi connectivity index (χ1n) is 6.63. The summed E-state index contributed by atoms with van der Waals surface area (Å²) in [5.74, 6) is -0.567. The van der Waals surface area contributed by atoms with E-state index in [0.29, 0.717) is 18.7 Å². The summed E-state index contributed by atoms with van der Waals surface area (Å²) in [7, 11) is 0. The van der Waals surface area contributed by atoms with Crippen LogP contribution < -0.4 is 0 Å². The highest BCUT2D eigenvalue weighted by molar-refractivity contribution is 5.93. The molecule has 19 heavy (non-hydrogen) atoms. The van der Waals surface area contributed by atoms with Crippen LogP contribution in [-0.2, 0) is 11.3 Å². The Hall–Kier alpha value is -1.85. The van der Waals surface area contributed by atoms with Gasteiger partial charge in [-0.15, -0.1) is 0 Å². The van der Waals surface area contributed by atoms with Gasteiger partial charge in [0.25, 0.3) is 5.91 Å². The van der Waals surface area contributed by atoms with Crippen LogP contribution in [0.5, 0.6) is 0 Å². The molecule has 104 valence electrons. The Bertz CT molecular complexity index is 461. The number of amides is 1. The lowest BCUT2D eigenvalue weighted by molar-refractivity contribution is -0.138. The maximum absolute atomic E-state index is 12.2. The molecule has 1 aromatic heterocycles. The zero-order chi connectivity index (χ0) is 13.8. The number of piperidine rings is 1. The van der Waals surface area contributed by atoms with Crippen molar-refractivity contribution in [1.82, 2.24) is 14.7 Å². The minimum atomic E-state index is -0.756. The number of rotatable bonds is 4. The number of carbonyl (C=O) groups is 2. The molecule has 1 aliphatic heterocycles. The van der Waals surface area contributed by atoms with E-state index in [0.717, 1.165) is 19.4 Å². The van der Waals surface area contributed by atoms with E-state index in [1.807, 2.05) is 6.92 Å². The fourth-order valence-electron chi connectivity index (χ4n) is 2.42. The molecule has 1 saturated heterocycles. The lowest BCUT2D eigenvalue weighted by Crippen LogP contribution is -2.38. The Labute approximate surface area is 112 Å². The smallest absolute Gasteiger partial charge is 0.303 e. The van der Waals surface area contributed by atoms with Crippen molar-refractivity contribution in [2.45, 2.75) is 32.7 Å². The summed E-state index contributed by atoms with van der Waals surface area (Å²) in [5, 5.41) is 12.9. The second-order valence-corrected chi connectivity index (χ2v) is 4.92. The van der Waals surface area contributed by atoms with E-state index in [4.69, 9.17) is 5.11 Å². The van der Waals surface area contributed by atoms with Gasteiger partial charge in [-0.25, -0.2) is 0 Å². The van der Waals surface area contributed by atoms with Crippen molar-refractivity contribution in [3.05, 3.63) is 18.0 Å². The number of nitrogens with zero attached hydrogens (tertiary/aromatic N) is 3. The van der Waals surface area contributed by atoms with E-state index >= 15 is 0 Å². The molecule has 0 aliphatic carbocycles. The van der Waals surface area contributed by atoms with E-state index in [9.17, 15) is 9.59 Å². The Morgan fingerprint density at radius 2 is 2.11 bits per heavy atom. The van der Waals surface area contributed by atoms with Crippen LogP contribution >= 0.6 is 0 Å². The Kier molecular flexibility index (Phi) is 4.19. The number of aromatic nitrogens is 2. The summed E-state index contributed by atoms with van der Waals surface area (Å²) in [6.45, 7) is 3.98. The summed E-state index contributed by atoms with van der Waals surface area (Å²) in [6, 6.07) is 0. The molecule has 6 heteroatoms. The van der Waals surface area contributed by atoms with Crippen molar-refractivity contribution in [1.29, 1.82) is 0 Å². The molecule has 0 unspecified atom stereocenters. The fraction of sp³-hybridized carbons (Fsp3) is 0.615. The van der Waals surface area contributed by atoms with Gasteiger partial charge in [0.2, 0.25) is 0 Å². The highest BCUT2D eigenvalue weighted by Gasteiger charge is 2.25. The summed E-state index contributed by atoms with van der Waals surface area (Å²) < 4.78 is 1.73. The molecule has 0 radical (unpaired) electrons. The number of carbonyl (C=O) groups excluding carboxylic acids is 1. The minimum absolute atomic E-state index is 0.00604. The van der Waals surface area contributed by atoms with Gasteiger partial charge in [0.05, 0.1) is 11.8 Å². The molecule has 6 nitrogen and oxygen atoms in total. The van der Waals surface area contributed by atoms with Crippen molar-refractivity contribution in [3.63, 3.8) is 0 Å². The predicted molar refractivity (Wildman–Crippen MR) is 68.8 cm³/mol. The molecular formula is C13H19N3O3. The van der Waals surface area contributed by atoms with Gasteiger partial charge in [-0.1, -0.05) is 0 Å². The average Bonchev–Trinajstić information content (AvgIpc) is 2.87. The molecule has 0 saturated carbocycles. The van der Waals surface area contributed by atoms with E-state index in [1.165, 1.54) is 0 Å². The summed E-state index contributed by atoms with van der Waals surface area (Å²) >= 11 is 0. The molecule has 0 aromatic carbocycles. The number of aliphatic carboxylic acids is 1. The Balaban J connectivity index is 1.90. The minimum Gasteiger partial charge on any atom is -0.481 e. The molecule has 1 fully saturated rings. The Morgan fingerprint density at radius 1 is 1.42 bits per heavy atom. The van der Waals surface area contributed by atoms with E-state index < -0.39 is 5.97 Å². The summed E-state index contributed by atoms with van der Waals surface area (Å²) in [6.07, 6.45) is 5.08. The van der Waals surface area contributed by atoms with Crippen LogP contribution in [0.4, 0.5) is 0 Å². The molecule has 1 aliphatic rings. The number of carboxylic acid groups (broad SMARTS) is 1. The van der Waals surface area contributed by atoms with Crippen LogP contribution in [0.25, 0.3) is 0 Å². The highest BCUT2D eigenvalue weighted by Crippen LogP contribution is 2.21. The molecular weight excluding hydrogens is 246 g/mol. The lowest BCUT2D eigenvalue weighted by atomic mass is 9.93. The second-order valence-electron chi connectivity index (χ2n) is 4.92. The van der Waals surface area contributed by atoms with Gasteiger partial charge >= 0.3 is 5.97 Å². The maximum Gasteiger partial charge on any atom is 0.303 e. The zero-order valence-corrected chi connectivity index (χ0v) is 11.1. The van der Waals surface area contributed by atoms with Crippen LogP contribution in [0.3, 0.4) is 0 Å². The largest absolute Gasteiger partial charge is 0.481 e. The van der Waals surface area contributed by atoms with Crippen molar-refractivity contribution >= 4 is 11.9 Å². The topological polar surface area (TPSA) is 75.4 Å². The lowest BCUT2D eigenvalue weighted by Gasteiger charge is -2.31. The van der Waals surface area contributed by atoms with Gasteiger partial charge in [-0.05, 0) is 25.7 Å². The van der Waals surface area contributed by atoms with E-state index in [1.54, 1.807) is 22.0 Å². The van der Waals surface area contributed by atoms with Gasteiger partial charge in [0.15, 0.2) is 0 Å². The van der Waals surface area contributed by atoms with Crippen molar-refractivity contribution in [3.8, 4) is 0 Å². The molecule has 1 amide bonds. The summed E-state index contributed by atoms with van der Waals surface area (Å²) in [4.78, 5) is 24.6. The first kappa shape index (κ1) is 13.6. The first-order chi connectivity index (χ1) is 9.10. The molecule has 2 heterocycles. The van der Waals surface area contributed by atoms with Crippen molar-refractivity contribution < 1.29 is 14.7 Å². The third-order valence-corrected chi connectivity index (χ3v) is 3.57. The molecule has 0 bridgehead atoms. The third kappa shape index (κ3) is 3.33. The zero-order valence-electron chi connectivity index (χ0n) is 11.1. The molecule has 1 N–H and O–H groups in total. The van der Waals surface area contributed by atoms with Crippen LogP contribution in [0, 0.1) is 5.92 Å². The van der Waals surface area contributed by atoms with Crippen LogP contribution in [0.15, 0.2) is 12.4 Å². The predicted octanol–water partition coefficient (Wildman–Crippen LogP) is 1.23. The average molecular weight is 265 g/mol. The van der Waals surface area contributed by atoms with Gasteiger partial charge < -0.3 is 10.0 Å². The first-order valence-corrected chi connectivity index (χ1v) is 6.63. The molecule has 2 rings (SSSR count). The number of likely N-dealkylation sites (tertiary alicyclic amines) is 1. The van der Waals surface area contributed by atoms with Crippen molar-refractivity contribution in [2.75, 3.05) is 13.1 Å². The van der Waals surface area contributed by atoms with Crippen LogP contribution in [-0.4, -0.2) is 44.8 Å². The highest BCUT2D eigenvalue weighted by atomic mass is 16.4. The standard InChI is InChI=1S/C13H19N3O3/c1-2-16-9-11(8-14-16)13(19)15-5-3-10(4-6-15)7-12(17)18/h8-10H,2-7H2,1H3,(H,17,18). The SMILES string of the molecule is CCn1cc(C(=O)N2CCC(CC(=O)O)CC2)cn1. The number of hydrogen-bond donors (Lipinski definition) is 1. The third-order valence-electron chi connectivity index (χ3n) is 3.57. The van der Waals surface area contributed by atoms with Gasteiger partial charge in [0.1, 0.15) is 0 Å². The maximum atomic E-state index is 12.2. The summed E-state index contributed by atoms with van der Waals surface area (Å²) in [5.41, 5.74) is 0.610. The number of aryl methyl sites for hydroxylation is 1. The van der Waals surface area contributed by atoms with Crippen molar-refractivity contribution in [2.24, 2.45) is 5.92 Å². The van der Waals surface area contributed by atoms with E-state index in [-0.39, 0.29) is 18.2 Å². The van der Waals surface area contributed by atoms with Crippen LogP contribution in [0.1, 0.15) is 36.5 Å². The normalized spacial score (nSPS) is 16.6. The van der Waals surface area contributed by atoms with Gasteiger partial charge in [0, 0.05) is 32.3 Å². The van der Waals surface area contributed by atoms with Gasteiger partial charge in [-0.3, -0.25) is 14.3 Å². The monoisotopic (exact) mass is 265 g/mol. The molecule has 1 aromatic rings. The number of carboxylic acids is 1. The van der Waals surface area contributed by atoms with Crippen LogP contribution in [0.2, 0.25) is 0 Å². The Morgan fingerprint density at radius 3 is 2.63 bits per heavy atom. The fourth-order valence-corrected chi connectivity index (χ4v) is 2.42. The van der Waals surface area contributed by atoms with E-state index in [2.05, 4.69) is 5.10 Å². The quantitative estimate of drug-likeness (QED) is 0.888. The second kappa shape index (κ2) is 5.86. The molecule has 0 spiro atoms. The van der Waals surface area contributed by atoms with Gasteiger partial charge in [-0.2, -0.15) is 5.10 Å². The molecule has 0 atom stereocenters. The number of hydrogen-bond acceptors (Lipinski definition) is 3.